The molecule has 2 aromatic heterocycles. The van der Waals surface area contributed by atoms with E-state index in [1.807, 2.05) is 24.3 Å². The summed E-state index contributed by atoms with van der Waals surface area (Å²) in [6.07, 6.45) is 4.33. The number of hydrogen-bond acceptors (Lipinski definition) is 8. The van der Waals surface area contributed by atoms with Gasteiger partial charge in [0.25, 0.3) is 0 Å². The number of thiophene rings is 1. The number of methoxy groups -OCH3 is 1. The number of rotatable bonds is 8. The molecule has 0 radical (unpaired) electrons. The Morgan fingerprint density at radius 2 is 2.03 bits per heavy atom. The minimum Gasteiger partial charge on any atom is -0.496 e. The fraction of sp³-hybridized carbons (Fsp3) is 0.391. The quantitative estimate of drug-likeness (QED) is 0.501. The second-order valence-electron chi connectivity index (χ2n) is 7.40. The Morgan fingerprint density at radius 3 is 2.84 bits per heavy atom. The van der Waals surface area contributed by atoms with Gasteiger partial charge in [-0.2, -0.15) is 4.98 Å². The number of anilines is 1. The maximum Gasteiger partial charge on any atom is 0.341 e. The predicted octanol–water partition coefficient (Wildman–Crippen LogP) is 4.43. The minimum absolute atomic E-state index is 0.151. The van der Waals surface area contributed by atoms with Gasteiger partial charge in [-0.25, -0.2) is 4.79 Å². The van der Waals surface area contributed by atoms with E-state index in [0.717, 1.165) is 41.7 Å². The number of amides is 1. The average molecular weight is 456 g/mol. The number of nitrogens with zero attached hydrogens (tertiary/aromatic N) is 2. The number of ether oxygens (including phenoxy) is 2. The zero-order valence-electron chi connectivity index (χ0n) is 18.1. The SMILES string of the molecule is CCOC(=O)c1c(NC(=O)CCc2nc(-c3ccccc3OC)no2)sc2c1CCCC2. The summed E-state index contributed by atoms with van der Waals surface area (Å²) in [5.41, 5.74) is 2.25. The summed E-state index contributed by atoms with van der Waals surface area (Å²) in [5, 5.41) is 7.47. The lowest BCUT2D eigenvalue weighted by molar-refractivity contribution is -0.116. The number of aryl methyl sites for hydroxylation is 2. The van der Waals surface area contributed by atoms with Crippen molar-refractivity contribution in [3.05, 3.63) is 46.2 Å². The van der Waals surface area contributed by atoms with E-state index in [2.05, 4.69) is 15.5 Å². The van der Waals surface area contributed by atoms with Gasteiger partial charge in [-0.15, -0.1) is 11.3 Å². The van der Waals surface area contributed by atoms with E-state index in [1.165, 1.54) is 11.3 Å². The molecule has 1 amide bonds. The Bertz CT molecular complexity index is 1120. The lowest BCUT2D eigenvalue weighted by Crippen LogP contribution is -2.16. The molecule has 8 nitrogen and oxygen atoms in total. The van der Waals surface area contributed by atoms with Gasteiger partial charge in [0.15, 0.2) is 0 Å². The Kier molecular flexibility index (Phi) is 6.84. The van der Waals surface area contributed by atoms with Gasteiger partial charge in [0.2, 0.25) is 17.6 Å². The van der Waals surface area contributed by atoms with E-state index in [9.17, 15) is 9.59 Å². The van der Waals surface area contributed by atoms with Crippen LogP contribution in [0.1, 0.15) is 52.9 Å². The summed E-state index contributed by atoms with van der Waals surface area (Å²) in [4.78, 5) is 30.7. The van der Waals surface area contributed by atoms with Crippen LogP contribution in [0.4, 0.5) is 5.00 Å². The molecule has 0 spiro atoms. The minimum atomic E-state index is -0.374. The van der Waals surface area contributed by atoms with Crippen LogP contribution in [-0.2, 0) is 28.8 Å². The molecule has 0 unspecified atom stereocenters. The van der Waals surface area contributed by atoms with E-state index >= 15 is 0 Å². The molecule has 1 aliphatic rings. The largest absolute Gasteiger partial charge is 0.496 e. The number of nitrogens with one attached hydrogen (secondary N) is 1. The van der Waals surface area contributed by atoms with Crippen molar-refractivity contribution < 1.29 is 23.6 Å². The molecule has 168 valence electrons. The fourth-order valence-electron chi connectivity index (χ4n) is 3.78. The number of esters is 1. The van der Waals surface area contributed by atoms with E-state index in [1.54, 1.807) is 14.0 Å². The van der Waals surface area contributed by atoms with Crippen LogP contribution in [-0.4, -0.2) is 35.7 Å². The van der Waals surface area contributed by atoms with E-state index in [-0.39, 0.29) is 24.7 Å². The molecule has 2 heterocycles. The van der Waals surface area contributed by atoms with Gasteiger partial charge in [-0.3, -0.25) is 4.79 Å². The van der Waals surface area contributed by atoms with E-state index in [0.29, 0.717) is 34.6 Å². The number of para-hydroxylation sites is 1. The van der Waals surface area contributed by atoms with Crippen LogP contribution < -0.4 is 10.1 Å². The molecule has 0 saturated heterocycles. The highest BCUT2D eigenvalue weighted by atomic mass is 32.1. The highest BCUT2D eigenvalue weighted by Crippen LogP contribution is 2.38. The summed E-state index contributed by atoms with van der Waals surface area (Å²) < 4.78 is 15.9. The highest BCUT2D eigenvalue weighted by molar-refractivity contribution is 7.17. The molecule has 0 bridgehead atoms. The third-order valence-electron chi connectivity index (χ3n) is 5.29. The van der Waals surface area contributed by atoms with Crippen molar-refractivity contribution in [3.63, 3.8) is 0 Å². The van der Waals surface area contributed by atoms with Gasteiger partial charge >= 0.3 is 5.97 Å². The van der Waals surface area contributed by atoms with E-state index in [4.69, 9.17) is 14.0 Å². The first kappa shape index (κ1) is 22.0. The number of carbonyl (C=O) groups excluding carboxylic acids is 2. The van der Waals surface area contributed by atoms with Crippen LogP contribution in [0.3, 0.4) is 0 Å². The maximum atomic E-state index is 12.6. The van der Waals surface area contributed by atoms with Gasteiger partial charge in [-0.1, -0.05) is 17.3 Å². The molecule has 0 aliphatic heterocycles. The van der Waals surface area contributed by atoms with Crippen molar-refractivity contribution in [1.29, 1.82) is 0 Å². The second kappa shape index (κ2) is 9.95. The van der Waals surface area contributed by atoms with Crippen LogP contribution in [0.2, 0.25) is 0 Å². The normalized spacial score (nSPS) is 12.8. The van der Waals surface area contributed by atoms with Crippen LogP contribution in [0.25, 0.3) is 11.4 Å². The summed E-state index contributed by atoms with van der Waals surface area (Å²) >= 11 is 1.47. The van der Waals surface area contributed by atoms with Crippen molar-refractivity contribution in [3.8, 4) is 17.1 Å². The first-order valence-corrected chi connectivity index (χ1v) is 11.5. The van der Waals surface area contributed by atoms with Crippen molar-refractivity contribution in [2.45, 2.75) is 45.4 Å². The van der Waals surface area contributed by atoms with Crippen molar-refractivity contribution in [2.24, 2.45) is 0 Å². The molecule has 0 saturated carbocycles. The summed E-state index contributed by atoms with van der Waals surface area (Å²) in [6.45, 7) is 2.07. The highest BCUT2D eigenvalue weighted by Gasteiger charge is 2.27. The lowest BCUT2D eigenvalue weighted by Gasteiger charge is -2.12. The molecule has 1 aliphatic carbocycles. The second-order valence-corrected chi connectivity index (χ2v) is 8.50. The summed E-state index contributed by atoms with van der Waals surface area (Å²) in [5.74, 6) is 0.822. The Hall–Kier alpha value is -3.20. The smallest absolute Gasteiger partial charge is 0.341 e. The first-order valence-electron chi connectivity index (χ1n) is 10.7. The van der Waals surface area contributed by atoms with Gasteiger partial charge in [0.1, 0.15) is 10.8 Å². The van der Waals surface area contributed by atoms with Gasteiger partial charge in [0, 0.05) is 17.7 Å². The zero-order valence-corrected chi connectivity index (χ0v) is 18.9. The Labute approximate surface area is 189 Å². The first-order chi connectivity index (χ1) is 15.6. The summed E-state index contributed by atoms with van der Waals surface area (Å²) in [6, 6.07) is 7.39. The topological polar surface area (TPSA) is 104 Å². The van der Waals surface area contributed by atoms with Crippen LogP contribution in [0, 0.1) is 0 Å². The van der Waals surface area contributed by atoms with Crippen LogP contribution in [0.15, 0.2) is 28.8 Å². The van der Waals surface area contributed by atoms with Gasteiger partial charge < -0.3 is 19.3 Å². The molecule has 0 atom stereocenters. The molecule has 4 rings (SSSR count). The van der Waals surface area contributed by atoms with Gasteiger partial charge in [0.05, 0.1) is 24.8 Å². The molecule has 32 heavy (non-hydrogen) atoms. The average Bonchev–Trinajstić information content (AvgIpc) is 3.42. The van der Waals surface area contributed by atoms with Crippen molar-refractivity contribution >= 4 is 28.2 Å². The Morgan fingerprint density at radius 1 is 1.22 bits per heavy atom. The molecular formula is C23H25N3O5S. The number of fused-ring (bicyclic) bond motifs is 1. The van der Waals surface area contributed by atoms with Crippen molar-refractivity contribution in [1.82, 2.24) is 10.1 Å². The fourth-order valence-corrected chi connectivity index (χ4v) is 5.07. The third-order valence-corrected chi connectivity index (χ3v) is 6.49. The Balaban J connectivity index is 1.43. The molecule has 3 aromatic rings. The molecular weight excluding hydrogens is 430 g/mol. The number of aromatic nitrogens is 2. The lowest BCUT2D eigenvalue weighted by atomic mass is 9.95. The maximum absolute atomic E-state index is 12.6. The van der Waals surface area contributed by atoms with E-state index < -0.39 is 0 Å². The molecule has 1 N–H and O–H groups in total. The molecule has 0 fully saturated rings. The molecule has 1 aromatic carbocycles. The summed E-state index contributed by atoms with van der Waals surface area (Å²) in [7, 11) is 1.58. The number of hydrogen-bond donors (Lipinski definition) is 1. The van der Waals surface area contributed by atoms with Crippen LogP contribution >= 0.6 is 11.3 Å². The third kappa shape index (κ3) is 4.67. The van der Waals surface area contributed by atoms with Crippen LogP contribution in [0.5, 0.6) is 5.75 Å². The van der Waals surface area contributed by atoms with Gasteiger partial charge in [-0.05, 0) is 50.3 Å². The monoisotopic (exact) mass is 455 g/mol. The zero-order chi connectivity index (χ0) is 22.5. The standard InChI is InChI=1S/C23H25N3O5S/c1-3-30-23(28)20-15-9-5-7-11-17(15)32-22(20)24-18(27)12-13-19-25-21(26-31-19)14-8-4-6-10-16(14)29-2/h4,6,8,10H,3,5,7,9,11-13H2,1-2H3,(H,24,27). The molecule has 9 heteroatoms. The number of benzene rings is 1. The number of carbonyl (C=O) groups is 2. The van der Waals surface area contributed by atoms with Crippen molar-refractivity contribution in [2.75, 3.05) is 19.0 Å². The predicted molar refractivity (Wildman–Crippen MR) is 120 cm³/mol.